The summed E-state index contributed by atoms with van der Waals surface area (Å²) in [5, 5.41) is 0. The minimum absolute atomic E-state index is 0.0363. The van der Waals surface area contributed by atoms with E-state index < -0.39 is 0 Å². The Morgan fingerprint density at radius 1 is 1.27 bits per heavy atom. The van der Waals surface area contributed by atoms with E-state index in [1.165, 1.54) is 6.42 Å². The quantitative estimate of drug-likeness (QED) is 0.790. The summed E-state index contributed by atoms with van der Waals surface area (Å²) in [4.78, 5) is 14.9. The van der Waals surface area contributed by atoms with Crippen molar-refractivity contribution in [3.05, 3.63) is 35.9 Å². The van der Waals surface area contributed by atoms with Gasteiger partial charge in [0.1, 0.15) is 4.32 Å². The van der Waals surface area contributed by atoms with Crippen LogP contribution in [0.25, 0.3) is 0 Å². The highest BCUT2D eigenvalue weighted by Gasteiger charge is 2.37. The molecule has 2 saturated heterocycles. The van der Waals surface area contributed by atoms with E-state index in [4.69, 9.17) is 17.0 Å². The highest BCUT2D eigenvalue weighted by Crippen LogP contribution is 2.32. The number of rotatable bonds is 3. The average molecular weight is 335 g/mol. The highest BCUT2D eigenvalue weighted by atomic mass is 32.2. The molecule has 3 nitrogen and oxygen atoms in total. The Balaban J connectivity index is 1.88. The van der Waals surface area contributed by atoms with E-state index >= 15 is 0 Å². The summed E-state index contributed by atoms with van der Waals surface area (Å²) in [6, 6.07) is 10.0. The SMILES string of the molecule is O=C([C@H](c1ccccc1)[C@H]1CCCCCO1)N1CCSC1=S. The number of nitrogens with zero attached hydrogens (tertiary/aromatic N) is 1. The number of hydrogen-bond donors (Lipinski definition) is 0. The first-order valence-corrected chi connectivity index (χ1v) is 9.31. The van der Waals surface area contributed by atoms with Gasteiger partial charge in [-0.2, -0.15) is 0 Å². The van der Waals surface area contributed by atoms with E-state index in [-0.39, 0.29) is 17.9 Å². The molecule has 0 spiro atoms. The molecule has 0 N–H and O–H groups in total. The molecular formula is C17H21NO2S2. The van der Waals surface area contributed by atoms with E-state index in [1.54, 1.807) is 16.7 Å². The van der Waals surface area contributed by atoms with E-state index in [1.807, 2.05) is 30.3 Å². The second-order valence-corrected chi connectivity index (χ2v) is 7.48. The number of thiocarbonyl (C=S) groups is 1. The molecule has 0 saturated carbocycles. The molecule has 0 aromatic heterocycles. The molecule has 2 aliphatic rings. The van der Waals surface area contributed by atoms with Crippen molar-refractivity contribution in [1.29, 1.82) is 0 Å². The number of carbonyl (C=O) groups excluding carboxylic acids is 1. The Labute approximate surface area is 141 Å². The van der Waals surface area contributed by atoms with E-state index in [0.717, 1.165) is 43.7 Å². The minimum Gasteiger partial charge on any atom is -0.377 e. The number of amides is 1. The zero-order valence-electron chi connectivity index (χ0n) is 12.6. The zero-order valence-corrected chi connectivity index (χ0v) is 14.2. The topological polar surface area (TPSA) is 29.5 Å². The monoisotopic (exact) mass is 335 g/mol. The Kier molecular flexibility index (Phi) is 5.50. The summed E-state index contributed by atoms with van der Waals surface area (Å²) in [5.74, 6) is 0.765. The van der Waals surface area contributed by atoms with Crippen LogP contribution in [0.2, 0.25) is 0 Å². The molecular weight excluding hydrogens is 314 g/mol. The van der Waals surface area contributed by atoms with Crippen LogP contribution in [0.4, 0.5) is 0 Å². The van der Waals surface area contributed by atoms with Gasteiger partial charge >= 0.3 is 0 Å². The van der Waals surface area contributed by atoms with Crippen molar-refractivity contribution in [2.45, 2.75) is 37.7 Å². The summed E-state index contributed by atoms with van der Waals surface area (Å²) in [5.41, 5.74) is 1.04. The van der Waals surface area contributed by atoms with Crippen LogP contribution < -0.4 is 0 Å². The number of thioether (sulfide) groups is 1. The third kappa shape index (κ3) is 3.53. The number of ether oxygens (including phenoxy) is 1. The Hall–Kier alpha value is -0.910. The first-order chi connectivity index (χ1) is 10.8. The van der Waals surface area contributed by atoms with Crippen molar-refractivity contribution in [1.82, 2.24) is 4.90 Å². The molecule has 1 amide bonds. The standard InChI is InChI=1S/C17H21NO2S2/c19-16(18-10-12-22-17(18)21)15(13-7-3-1-4-8-13)14-9-5-2-6-11-20-14/h1,3-4,7-8,14-15H,2,5-6,9-12H2/t14-,15-/m1/s1. The highest BCUT2D eigenvalue weighted by molar-refractivity contribution is 8.23. The molecule has 0 unspecified atom stereocenters. The Morgan fingerprint density at radius 2 is 2.09 bits per heavy atom. The van der Waals surface area contributed by atoms with E-state index in [2.05, 4.69) is 0 Å². The molecule has 2 atom stereocenters. The van der Waals surface area contributed by atoms with Gasteiger partial charge in [-0.15, -0.1) is 0 Å². The van der Waals surface area contributed by atoms with Crippen molar-refractivity contribution in [3.63, 3.8) is 0 Å². The Morgan fingerprint density at radius 3 is 2.82 bits per heavy atom. The van der Waals surface area contributed by atoms with Gasteiger partial charge in [0, 0.05) is 18.9 Å². The maximum Gasteiger partial charge on any atom is 0.238 e. The number of hydrogen-bond acceptors (Lipinski definition) is 4. The van der Waals surface area contributed by atoms with Gasteiger partial charge in [-0.1, -0.05) is 67.2 Å². The van der Waals surface area contributed by atoms with Crippen molar-refractivity contribution >= 4 is 34.2 Å². The normalized spacial score (nSPS) is 24.1. The largest absolute Gasteiger partial charge is 0.377 e. The van der Waals surface area contributed by atoms with Crippen LogP contribution in [0.15, 0.2) is 30.3 Å². The van der Waals surface area contributed by atoms with Gasteiger partial charge < -0.3 is 4.74 Å². The molecule has 1 aromatic carbocycles. The molecule has 0 radical (unpaired) electrons. The van der Waals surface area contributed by atoms with Crippen LogP contribution >= 0.6 is 24.0 Å². The predicted octanol–water partition coefficient (Wildman–Crippen LogP) is 3.59. The van der Waals surface area contributed by atoms with Crippen molar-refractivity contribution in [2.75, 3.05) is 18.9 Å². The van der Waals surface area contributed by atoms with Crippen LogP contribution in [0.3, 0.4) is 0 Å². The maximum absolute atomic E-state index is 13.1. The maximum atomic E-state index is 13.1. The number of benzene rings is 1. The van der Waals surface area contributed by atoms with E-state index in [9.17, 15) is 4.79 Å². The van der Waals surface area contributed by atoms with Gasteiger partial charge in [0.25, 0.3) is 0 Å². The lowest BCUT2D eigenvalue weighted by atomic mass is 9.89. The van der Waals surface area contributed by atoms with Crippen LogP contribution in [-0.4, -0.2) is 40.1 Å². The molecule has 2 aliphatic heterocycles. The average Bonchev–Trinajstić information content (AvgIpc) is 2.80. The lowest BCUT2D eigenvalue weighted by Crippen LogP contribution is -2.40. The van der Waals surface area contributed by atoms with Gasteiger partial charge in [0.05, 0.1) is 12.0 Å². The fourth-order valence-corrected chi connectivity index (χ4v) is 4.36. The zero-order chi connectivity index (χ0) is 15.4. The molecule has 1 aromatic rings. The van der Waals surface area contributed by atoms with Crippen molar-refractivity contribution in [3.8, 4) is 0 Å². The summed E-state index contributed by atoms with van der Waals surface area (Å²) >= 11 is 6.93. The molecule has 22 heavy (non-hydrogen) atoms. The van der Waals surface area contributed by atoms with Crippen molar-refractivity contribution in [2.24, 2.45) is 0 Å². The first-order valence-electron chi connectivity index (χ1n) is 7.92. The lowest BCUT2D eigenvalue weighted by Gasteiger charge is -2.29. The van der Waals surface area contributed by atoms with Crippen molar-refractivity contribution < 1.29 is 9.53 Å². The van der Waals surface area contributed by atoms with Gasteiger partial charge in [0.15, 0.2) is 0 Å². The van der Waals surface area contributed by atoms with Crippen LogP contribution in [0.1, 0.15) is 37.2 Å². The summed E-state index contributed by atoms with van der Waals surface area (Å²) in [6.45, 7) is 1.47. The summed E-state index contributed by atoms with van der Waals surface area (Å²) < 4.78 is 6.75. The third-order valence-corrected chi connectivity index (χ3v) is 5.72. The fourth-order valence-electron chi connectivity index (χ4n) is 3.14. The fraction of sp³-hybridized carbons (Fsp3) is 0.529. The molecule has 0 bridgehead atoms. The summed E-state index contributed by atoms with van der Waals surface area (Å²) in [6.07, 6.45) is 4.30. The smallest absolute Gasteiger partial charge is 0.238 e. The van der Waals surface area contributed by atoms with Crippen LogP contribution in [0.5, 0.6) is 0 Å². The minimum atomic E-state index is -0.240. The van der Waals surface area contributed by atoms with Gasteiger partial charge in [-0.3, -0.25) is 9.69 Å². The lowest BCUT2D eigenvalue weighted by molar-refractivity contribution is -0.132. The van der Waals surface area contributed by atoms with Crippen LogP contribution in [0, 0.1) is 0 Å². The van der Waals surface area contributed by atoms with Gasteiger partial charge in [0.2, 0.25) is 5.91 Å². The number of carbonyl (C=O) groups is 1. The molecule has 2 heterocycles. The molecule has 118 valence electrons. The second-order valence-electron chi connectivity index (χ2n) is 5.75. The van der Waals surface area contributed by atoms with Crippen LogP contribution in [-0.2, 0) is 9.53 Å². The Bertz CT molecular complexity index is 527. The second kappa shape index (κ2) is 7.57. The molecule has 0 aliphatic carbocycles. The summed E-state index contributed by atoms with van der Waals surface area (Å²) in [7, 11) is 0. The molecule has 3 rings (SSSR count). The predicted molar refractivity (Wildman–Crippen MR) is 94.2 cm³/mol. The third-order valence-electron chi connectivity index (χ3n) is 4.29. The van der Waals surface area contributed by atoms with E-state index in [0.29, 0.717) is 4.32 Å². The van der Waals surface area contributed by atoms with Gasteiger partial charge in [-0.25, -0.2) is 0 Å². The van der Waals surface area contributed by atoms with Gasteiger partial charge in [-0.05, 0) is 18.4 Å². The first kappa shape index (κ1) is 16.0. The molecule has 2 fully saturated rings. The molecule has 5 heteroatoms.